The highest BCUT2D eigenvalue weighted by Gasteiger charge is 2.17. The Labute approximate surface area is 179 Å². The molecular formula is C20H23Cl2N3O4. The molecule has 9 heteroatoms. The third-order valence-corrected chi connectivity index (χ3v) is 5.03. The van der Waals surface area contributed by atoms with Gasteiger partial charge in [0.25, 0.3) is 0 Å². The molecule has 3 rings (SSSR count). The zero-order chi connectivity index (χ0) is 20.8. The van der Waals surface area contributed by atoms with Crippen LogP contribution in [0.25, 0.3) is 0 Å². The van der Waals surface area contributed by atoms with Gasteiger partial charge in [0.2, 0.25) is 5.91 Å². The van der Waals surface area contributed by atoms with Gasteiger partial charge in [0.1, 0.15) is 11.5 Å². The number of carbonyl (C=O) groups is 1. The number of benzene rings is 2. The van der Waals surface area contributed by atoms with Crippen molar-refractivity contribution in [3.8, 4) is 11.5 Å². The van der Waals surface area contributed by atoms with E-state index in [-0.39, 0.29) is 12.5 Å². The summed E-state index contributed by atoms with van der Waals surface area (Å²) in [7, 11) is 3.01. The second-order valence-corrected chi connectivity index (χ2v) is 7.19. The van der Waals surface area contributed by atoms with Crippen molar-refractivity contribution in [2.24, 2.45) is 0 Å². The van der Waals surface area contributed by atoms with Gasteiger partial charge in [-0.05, 0) is 18.2 Å². The van der Waals surface area contributed by atoms with Gasteiger partial charge in [-0.25, -0.2) is 0 Å². The lowest BCUT2D eigenvalue weighted by molar-refractivity contribution is -0.114. The largest absolute Gasteiger partial charge is 0.495 e. The minimum Gasteiger partial charge on any atom is -0.495 e. The van der Waals surface area contributed by atoms with E-state index in [1.807, 2.05) is 18.2 Å². The van der Waals surface area contributed by atoms with Crippen molar-refractivity contribution in [3.05, 3.63) is 40.4 Å². The van der Waals surface area contributed by atoms with Crippen LogP contribution in [0.5, 0.6) is 11.5 Å². The third-order valence-electron chi connectivity index (χ3n) is 4.50. The fourth-order valence-corrected chi connectivity index (χ4v) is 3.46. The Kier molecular flexibility index (Phi) is 7.30. The topological polar surface area (TPSA) is 72.1 Å². The monoisotopic (exact) mass is 439 g/mol. The van der Waals surface area contributed by atoms with E-state index in [9.17, 15) is 4.79 Å². The number of morpholine rings is 1. The van der Waals surface area contributed by atoms with Crippen LogP contribution < -0.4 is 25.0 Å². The van der Waals surface area contributed by atoms with Gasteiger partial charge in [0, 0.05) is 30.2 Å². The predicted octanol–water partition coefficient (Wildman–Crippen LogP) is 3.90. The van der Waals surface area contributed by atoms with Crippen molar-refractivity contribution >= 4 is 46.2 Å². The molecule has 2 aromatic rings. The summed E-state index contributed by atoms with van der Waals surface area (Å²) in [5.41, 5.74) is 2.24. The van der Waals surface area contributed by atoms with Gasteiger partial charge in [-0.1, -0.05) is 23.2 Å². The molecule has 29 heavy (non-hydrogen) atoms. The summed E-state index contributed by atoms with van der Waals surface area (Å²) in [6.07, 6.45) is 0. The van der Waals surface area contributed by atoms with Gasteiger partial charge < -0.3 is 29.7 Å². The van der Waals surface area contributed by atoms with Crippen LogP contribution in [-0.2, 0) is 9.53 Å². The Morgan fingerprint density at radius 2 is 1.79 bits per heavy atom. The lowest BCUT2D eigenvalue weighted by Crippen LogP contribution is -2.36. The molecule has 0 unspecified atom stereocenters. The number of hydrogen-bond acceptors (Lipinski definition) is 6. The molecule has 1 saturated heterocycles. The number of methoxy groups -OCH3 is 2. The summed E-state index contributed by atoms with van der Waals surface area (Å²) in [5, 5.41) is 6.98. The predicted molar refractivity (Wildman–Crippen MR) is 116 cm³/mol. The number of amides is 1. The molecule has 156 valence electrons. The fraction of sp³-hybridized carbons (Fsp3) is 0.350. The molecule has 0 atom stereocenters. The van der Waals surface area contributed by atoms with Gasteiger partial charge in [-0.2, -0.15) is 0 Å². The van der Waals surface area contributed by atoms with Crippen molar-refractivity contribution < 1.29 is 19.0 Å². The average Bonchev–Trinajstić information content (AvgIpc) is 2.73. The summed E-state index contributed by atoms with van der Waals surface area (Å²) in [4.78, 5) is 14.7. The number of nitrogens with zero attached hydrogens (tertiary/aromatic N) is 1. The number of carbonyl (C=O) groups excluding carboxylic acids is 1. The summed E-state index contributed by atoms with van der Waals surface area (Å²) in [6, 6.07) is 8.81. The quantitative estimate of drug-likeness (QED) is 0.681. The lowest BCUT2D eigenvalue weighted by atomic mass is 10.2. The van der Waals surface area contributed by atoms with E-state index in [1.54, 1.807) is 12.1 Å². The summed E-state index contributed by atoms with van der Waals surface area (Å²) >= 11 is 12.3. The number of ether oxygens (including phenoxy) is 3. The molecule has 0 spiro atoms. The molecule has 7 nitrogen and oxygen atoms in total. The molecule has 0 saturated carbocycles. The normalized spacial score (nSPS) is 13.7. The molecule has 0 aromatic heterocycles. The standard InChI is InChI=1S/C20H23Cl2N3O4/c1-27-18-11-16(19(28-2)10-14(18)22)24-20(26)12-23-15-9-13(21)3-4-17(15)25-5-7-29-8-6-25/h3-4,9-11,23H,5-8,12H2,1-2H3,(H,24,26). The zero-order valence-corrected chi connectivity index (χ0v) is 17.8. The smallest absolute Gasteiger partial charge is 0.243 e. The lowest BCUT2D eigenvalue weighted by Gasteiger charge is -2.30. The maximum absolute atomic E-state index is 12.5. The Hall–Kier alpha value is -2.35. The molecule has 1 amide bonds. The summed E-state index contributed by atoms with van der Waals surface area (Å²) in [5.74, 6) is 0.640. The Morgan fingerprint density at radius 1 is 1.07 bits per heavy atom. The van der Waals surface area contributed by atoms with Crippen molar-refractivity contribution in [2.75, 3.05) is 62.6 Å². The van der Waals surface area contributed by atoms with E-state index in [1.165, 1.54) is 14.2 Å². The van der Waals surface area contributed by atoms with Crippen molar-refractivity contribution in [2.45, 2.75) is 0 Å². The van der Waals surface area contributed by atoms with Gasteiger partial charge in [0.15, 0.2) is 0 Å². The van der Waals surface area contributed by atoms with E-state index in [0.29, 0.717) is 40.4 Å². The molecule has 0 radical (unpaired) electrons. The number of nitrogens with one attached hydrogen (secondary N) is 2. The van der Waals surface area contributed by atoms with Crippen LogP contribution in [0.2, 0.25) is 10.0 Å². The maximum Gasteiger partial charge on any atom is 0.243 e. The number of halogens is 2. The van der Waals surface area contributed by atoms with Gasteiger partial charge in [-0.15, -0.1) is 0 Å². The molecule has 2 aromatic carbocycles. The fourth-order valence-electron chi connectivity index (χ4n) is 3.06. The SMILES string of the molecule is COc1cc(NC(=O)CNc2cc(Cl)ccc2N2CCOCC2)c(OC)cc1Cl. The van der Waals surface area contributed by atoms with Crippen molar-refractivity contribution in [1.29, 1.82) is 0 Å². The highest BCUT2D eigenvalue weighted by molar-refractivity contribution is 6.32. The molecule has 0 aliphatic carbocycles. The highest BCUT2D eigenvalue weighted by Crippen LogP contribution is 2.36. The maximum atomic E-state index is 12.5. The van der Waals surface area contributed by atoms with E-state index in [0.717, 1.165) is 24.5 Å². The molecule has 0 bridgehead atoms. The summed E-state index contributed by atoms with van der Waals surface area (Å²) in [6.45, 7) is 2.95. The van der Waals surface area contributed by atoms with Crippen LogP contribution in [0.1, 0.15) is 0 Å². The second kappa shape index (κ2) is 9.91. The first-order valence-corrected chi connectivity index (χ1v) is 9.85. The zero-order valence-electron chi connectivity index (χ0n) is 16.3. The Balaban J connectivity index is 1.71. The van der Waals surface area contributed by atoms with Gasteiger partial charge >= 0.3 is 0 Å². The van der Waals surface area contributed by atoms with E-state index >= 15 is 0 Å². The Morgan fingerprint density at radius 3 is 2.48 bits per heavy atom. The third kappa shape index (κ3) is 5.38. The minimum absolute atomic E-state index is 0.0474. The van der Waals surface area contributed by atoms with E-state index in [4.69, 9.17) is 37.4 Å². The van der Waals surface area contributed by atoms with Crippen LogP contribution in [0.3, 0.4) is 0 Å². The van der Waals surface area contributed by atoms with Crippen LogP contribution in [0, 0.1) is 0 Å². The molecule has 1 fully saturated rings. The van der Waals surface area contributed by atoms with Crippen LogP contribution in [0.15, 0.2) is 30.3 Å². The van der Waals surface area contributed by atoms with E-state index < -0.39 is 0 Å². The number of hydrogen-bond donors (Lipinski definition) is 2. The van der Waals surface area contributed by atoms with Gasteiger partial charge in [0.05, 0.1) is 56.1 Å². The first kappa shape index (κ1) is 21.4. The van der Waals surface area contributed by atoms with Crippen LogP contribution >= 0.6 is 23.2 Å². The van der Waals surface area contributed by atoms with Gasteiger partial charge in [-0.3, -0.25) is 4.79 Å². The second-order valence-electron chi connectivity index (χ2n) is 6.35. The first-order valence-electron chi connectivity index (χ1n) is 9.09. The molecule has 2 N–H and O–H groups in total. The highest BCUT2D eigenvalue weighted by atomic mass is 35.5. The van der Waals surface area contributed by atoms with Crippen molar-refractivity contribution in [1.82, 2.24) is 0 Å². The number of anilines is 3. The van der Waals surface area contributed by atoms with Crippen molar-refractivity contribution in [3.63, 3.8) is 0 Å². The number of rotatable bonds is 7. The minimum atomic E-state index is -0.249. The molecule has 1 aliphatic rings. The van der Waals surface area contributed by atoms with E-state index in [2.05, 4.69) is 15.5 Å². The molecule has 1 heterocycles. The van der Waals surface area contributed by atoms with Crippen LogP contribution in [-0.4, -0.2) is 53.0 Å². The summed E-state index contributed by atoms with van der Waals surface area (Å²) < 4.78 is 15.9. The first-order chi connectivity index (χ1) is 14.0. The van der Waals surface area contributed by atoms with Crippen LogP contribution in [0.4, 0.5) is 17.1 Å². The Bertz CT molecular complexity index is 873. The molecule has 1 aliphatic heterocycles. The molecular weight excluding hydrogens is 417 g/mol. The average molecular weight is 440 g/mol.